The van der Waals surface area contributed by atoms with Gasteiger partial charge in [0.25, 0.3) is 0 Å². The molecule has 0 fully saturated rings. The lowest BCUT2D eigenvalue weighted by atomic mass is 10.1. The number of nitrogens with one attached hydrogen (secondary N) is 1. The van der Waals surface area contributed by atoms with Gasteiger partial charge >= 0.3 is 0 Å². The predicted molar refractivity (Wildman–Crippen MR) is 89.2 cm³/mol. The molecule has 5 nitrogen and oxygen atoms in total. The van der Waals surface area contributed by atoms with Gasteiger partial charge < -0.3 is 4.57 Å². The van der Waals surface area contributed by atoms with E-state index in [2.05, 4.69) is 49.9 Å². The Balaban J connectivity index is 1.61. The van der Waals surface area contributed by atoms with Crippen LogP contribution in [0.25, 0.3) is 11.0 Å². The second kappa shape index (κ2) is 5.68. The Labute approximate surface area is 134 Å². The molecule has 4 aromatic rings. The van der Waals surface area contributed by atoms with Crippen LogP contribution in [0.3, 0.4) is 0 Å². The molecule has 1 atom stereocenters. The third-order valence-electron chi connectivity index (χ3n) is 4.04. The zero-order chi connectivity index (χ0) is 15.6. The zero-order valence-corrected chi connectivity index (χ0v) is 12.8. The van der Waals surface area contributed by atoms with E-state index in [1.165, 1.54) is 5.56 Å². The first kappa shape index (κ1) is 13.7. The van der Waals surface area contributed by atoms with Gasteiger partial charge in [-0.2, -0.15) is 5.10 Å². The highest BCUT2D eigenvalue weighted by atomic mass is 15.2. The number of nitrogens with zero attached hydrogens (tertiary/aromatic N) is 4. The van der Waals surface area contributed by atoms with Crippen molar-refractivity contribution in [2.75, 3.05) is 0 Å². The summed E-state index contributed by atoms with van der Waals surface area (Å²) in [6.45, 7) is 2.09. The van der Waals surface area contributed by atoms with Crippen LogP contribution in [0.15, 0.2) is 60.9 Å². The summed E-state index contributed by atoms with van der Waals surface area (Å²) in [5.74, 6) is 1.65. The normalized spacial score (nSPS) is 12.6. The van der Waals surface area contributed by atoms with E-state index in [4.69, 9.17) is 0 Å². The second-order valence-electron chi connectivity index (χ2n) is 5.62. The Hall–Kier alpha value is -2.95. The molecule has 23 heavy (non-hydrogen) atoms. The van der Waals surface area contributed by atoms with Gasteiger partial charge in [-0.3, -0.25) is 5.10 Å². The molecular weight excluding hydrogens is 286 g/mol. The van der Waals surface area contributed by atoms with Gasteiger partial charge in [-0.05, 0) is 24.6 Å². The largest absolute Gasteiger partial charge is 0.320 e. The summed E-state index contributed by atoms with van der Waals surface area (Å²) in [7, 11) is 0. The third kappa shape index (κ3) is 2.61. The maximum absolute atomic E-state index is 4.65. The molecule has 0 aliphatic rings. The van der Waals surface area contributed by atoms with E-state index in [1.807, 2.05) is 42.7 Å². The van der Waals surface area contributed by atoms with Crippen LogP contribution >= 0.6 is 0 Å². The van der Waals surface area contributed by atoms with Crippen LogP contribution in [-0.2, 0) is 6.42 Å². The number of H-pyrrole nitrogens is 1. The fraction of sp³-hybridized carbons (Fsp3) is 0.167. The van der Waals surface area contributed by atoms with Crippen molar-refractivity contribution in [3.05, 3.63) is 78.1 Å². The fourth-order valence-electron chi connectivity index (χ4n) is 2.78. The van der Waals surface area contributed by atoms with Crippen molar-refractivity contribution < 1.29 is 0 Å². The molecule has 0 saturated carbocycles. The van der Waals surface area contributed by atoms with Crippen molar-refractivity contribution in [2.45, 2.75) is 19.4 Å². The lowest BCUT2D eigenvalue weighted by Gasteiger charge is -2.10. The zero-order valence-electron chi connectivity index (χ0n) is 12.8. The van der Waals surface area contributed by atoms with Crippen molar-refractivity contribution in [2.24, 2.45) is 0 Å². The minimum Gasteiger partial charge on any atom is -0.320 e. The van der Waals surface area contributed by atoms with Gasteiger partial charge in [-0.1, -0.05) is 42.5 Å². The Morgan fingerprint density at radius 1 is 1.04 bits per heavy atom. The first-order valence-corrected chi connectivity index (χ1v) is 7.68. The molecule has 0 aliphatic heterocycles. The highest BCUT2D eigenvalue weighted by Gasteiger charge is 2.16. The van der Waals surface area contributed by atoms with Crippen molar-refractivity contribution in [1.29, 1.82) is 0 Å². The maximum Gasteiger partial charge on any atom is 0.173 e. The molecular formula is C18H17N5. The summed E-state index contributed by atoms with van der Waals surface area (Å²) in [5.41, 5.74) is 3.30. The lowest BCUT2D eigenvalue weighted by molar-refractivity contribution is 0.617. The molecule has 2 heterocycles. The summed E-state index contributed by atoms with van der Waals surface area (Å²) in [4.78, 5) is 9.09. The van der Waals surface area contributed by atoms with Gasteiger partial charge in [-0.25, -0.2) is 9.97 Å². The lowest BCUT2D eigenvalue weighted by Crippen LogP contribution is -2.07. The highest BCUT2D eigenvalue weighted by molar-refractivity contribution is 5.75. The summed E-state index contributed by atoms with van der Waals surface area (Å²) >= 11 is 0. The maximum atomic E-state index is 4.65. The van der Waals surface area contributed by atoms with E-state index in [0.29, 0.717) is 0 Å². The Bertz CT molecular complexity index is 923. The summed E-state index contributed by atoms with van der Waals surface area (Å²) in [6, 6.07) is 18.4. The summed E-state index contributed by atoms with van der Waals surface area (Å²) in [6.07, 6.45) is 2.60. The minimum atomic E-state index is 0.0307. The van der Waals surface area contributed by atoms with Gasteiger partial charge in [-0.15, -0.1) is 0 Å². The molecule has 0 unspecified atom stereocenters. The molecule has 4 rings (SSSR count). The van der Waals surface area contributed by atoms with Crippen molar-refractivity contribution in [1.82, 2.24) is 24.7 Å². The second-order valence-corrected chi connectivity index (χ2v) is 5.62. The number of para-hydroxylation sites is 2. The highest BCUT2D eigenvalue weighted by Crippen LogP contribution is 2.21. The first-order valence-electron chi connectivity index (χ1n) is 7.68. The number of hydrogen-bond donors (Lipinski definition) is 1. The van der Waals surface area contributed by atoms with Crippen LogP contribution in [0.1, 0.15) is 30.2 Å². The molecule has 114 valence electrons. The fourth-order valence-corrected chi connectivity index (χ4v) is 2.78. The molecule has 0 aliphatic carbocycles. The Morgan fingerprint density at radius 3 is 2.70 bits per heavy atom. The molecule has 5 heteroatoms. The monoisotopic (exact) mass is 303 g/mol. The van der Waals surface area contributed by atoms with Gasteiger partial charge in [0.1, 0.15) is 5.82 Å². The van der Waals surface area contributed by atoms with E-state index in [9.17, 15) is 0 Å². The molecule has 0 radical (unpaired) electrons. The van der Waals surface area contributed by atoms with Crippen LogP contribution in [0.4, 0.5) is 0 Å². The average molecular weight is 303 g/mol. The summed E-state index contributed by atoms with van der Waals surface area (Å²) < 4.78 is 2.10. The quantitative estimate of drug-likeness (QED) is 0.629. The third-order valence-corrected chi connectivity index (χ3v) is 4.04. The van der Waals surface area contributed by atoms with Crippen LogP contribution in [0.2, 0.25) is 0 Å². The van der Waals surface area contributed by atoms with Crippen molar-refractivity contribution >= 4 is 11.0 Å². The van der Waals surface area contributed by atoms with Gasteiger partial charge in [0.2, 0.25) is 0 Å². The van der Waals surface area contributed by atoms with Crippen molar-refractivity contribution in [3.8, 4) is 0 Å². The Kier molecular flexibility index (Phi) is 3.38. The number of rotatable bonds is 4. The van der Waals surface area contributed by atoms with E-state index in [-0.39, 0.29) is 6.04 Å². The molecule has 1 N–H and O–H groups in total. The SMILES string of the molecule is C[C@@H](c1n[nH]c(Cc2ccccc2)n1)n1cnc2ccccc21. The topological polar surface area (TPSA) is 59.4 Å². The molecule has 0 saturated heterocycles. The van der Waals surface area contributed by atoms with Crippen LogP contribution in [0, 0.1) is 0 Å². The van der Waals surface area contributed by atoms with E-state index in [0.717, 1.165) is 29.1 Å². The van der Waals surface area contributed by atoms with Crippen LogP contribution < -0.4 is 0 Å². The van der Waals surface area contributed by atoms with Gasteiger partial charge in [0.15, 0.2) is 5.82 Å². The summed E-state index contributed by atoms with van der Waals surface area (Å²) in [5, 5.41) is 7.44. The van der Waals surface area contributed by atoms with E-state index >= 15 is 0 Å². The first-order chi connectivity index (χ1) is 11.3. The average Bonchev–Trinajstić information content (AvgIpc) is 3.22. The molecule has 0 bridgehead atoms. The number of imidazole rings is 1. The van der Waals surface area contributed by atoms with Crippen LogP contribution in [0.5, 0.6) is 0 Å². The molecule has 0 amide bonds. The smallest absolute Gasteiger partial charge is 0.173 e. The molecule has 2 aromatic heterocycles. The Morgan fingerprint density at radius 2 is 1.83 bits per heavy atom. The molecule has 2 aromatic carbocycles. The van der Waals surface area contributed by atoms with Crippen molar-refractivity contribution in [3.63, 3.8) is 0 Å². The number of benzene rings is 2. The van der Waals surface area contributed by atoms with Crippen LogP contribution in [-0.4, -0.2) is 24.7 Å². The molecule has 0 spiro atoms. The number of hydrogen-bond acceptors (Lipinski definition) is 3. The van der Waals surface area contributed by atoms with E-state index < -0.39 is 0 Å². The van der Waals surface area contributed by atoms with Gasteiger partial charge in [0, 0.05) is 6.42 Å². The minimum absolute atomic E-state index is 0.0307. The number of fused-ring (bicyclic) bond motifs is 1. The number of aromatic nitrogens is 5. The van der Waals surface area contributed by atoms with Gasteiger partial charge in [0.05, 0.1) is 23.4 Å². The number of aromatic amines is 1. The van der Waals surface area contributed by atoms with E-state index in [1.54, 1.807) is 0 Å². The standard InChI is InChI=1S/C18H17N5/c1-13(23-12-19-15-9-5-6-10-16(15)23)18-20-17(21-22-18)11-14-7-3-2-4-8-14/h2-10,12-13H,11H2,1H3,(H,20,21,22)/t13-/m0/s1. The predicted octanol–water partition coefficient (Wildman–Crippen LogP) is 3.35.